The molecule has 150 valence electrons. The first-order valence-electron chi connectivity index (χ1n) is 9.05. The van der Waals surface area contributed by atoms with Crippen LogP contribution in [0.5, 0.6) is 5.75 Å². The first-order valence-corrected chi connectivity index (χ1v) is 10.5. The van der Waals surface area contributed by atoms with E-state index in [1.165, 1.54) is 39.5 Å². The number of benzene rings is 2. The topological polar surface area (TPSA) is 66.9 Å². The summed E-state index contributed by atoms with van der Waals surface area (Å²) in [6, 6.07) is 10.2. The molecular weight excluding hydrogens is 383 g/mol. The molecule has 0 saturated carbocycles. The molecule has 2 aromatic carbocycles. The van der Waals surface area contributed by atoms with E-state index in [2.05, 4.69) is 0 Å². The Hall–Kier alpha value is -2.45. The maximum absolute atomic E-state index is 13.0. The molecule has 1 saturated heterocycles. The number of amides is 1. The minimum atomic E-state index is -3.49. The van der Waals surface area contributed by atoms with E-state index < -0.39 is 10.0 Å². The van der Waals surface area contributed by atoms with E-state index >= 15 is 0 Å². The molecule has 1 aliphatic rings. The first kappa shape index (κ1) is 20.3. The van der Waals surface area contributed by atoms with Crippen molar-refractivity contribution in [2.45, 2.75) is 24.7 Å². The Balaban J connectivity index is 1.66. The molecule has 0 N–H and O–H groups in total. The Kier molecular flexibility index (Phi) is 6.00. The van der Waals surface area contributed by atoms with Crippen molar-refractivity contribution in [3.8, 4) is 5.75 Å². The van der Waals surface area contributed by atoms with Crippen LogP contribution in [0.15, 0.2) is 47.4 Å². The summed E-state index contributed by atoms with van der Waals surface area (Å²) in [5.41, 5.74) is 1.19. The van der Waals surface area contributed by atoms with Crippen molar-refractivity contribution in [1.29, 1.82) is 0 Å². The predicted molar refractivity (Wildman–Crippen MR) is 104 cm³/mol. The quantitative estimate of drug-likeness (QED) is 0.740. The van der Waals surface area contributed by atoms with E-state index in [-0.39, 0.29) is 23.2 Å². The fourth-order valence-corrected chi connectivity index (χ4v) is 4.67. The van der Waals surface area contributed by atoms with Gasteiger partial charge in [0, 0.05) is 25.8 Å². The van der Waals surface area contributed by atoms with Gasteiger partial charge in [-0.15, -0.1) is 0 Å². The van der Waals surface area contributed by atoms with Crippen molar-refractivity contribution in [2.24, 2.45) is 0 Å². The van der Waals surface area contributed by atoms with E-state index in [0.717, 1.165) is 12.8 Å². The Morgan fingerprint density at radius 3 is 2.39 bits per heavy atom. The van der Waals surface area contributed by atoms with E-state index in [4.69, 9.17) is 4.74 Å². The van der Waals surface area contributed by atoms with E-state index in [1.54, 1.807) is 26.1 Å². The highest BCUT2D eigenvalue weighted by Gasteiger charge is 2.27. The highest BCUT2D eigenvalue weighted by atomic mass is 32.2. The van der Waals surface area contributed by atoms with E-state index in [9.17, 15) is 17.6 Å². The third-order valence-corrected chi connectivity index (χ3v) is 6.68. The van der Waals surface area contributed by atoms with E-state index in [0.29, 0.717) is 30.1 Å². The fraction of sp³-hybridized carbons (Fsp3) is 0.350. The fourth-order valence-electron chi connectivity index (χ4n) is 3.07. The molecule has 0 bridgehead atoms. The number of rotatable bonds is 6. The normalized spacial score (nSPS) is 14.8. The molecule has 0 aliphatic carbocycles. The summed E-state index contributed by atoms with van der Waals surface area (Å²) < 4.78 is 45.3. The number of hydrogen-bond acceptors (Lipinski definition) is 4. The molecular formula is C20H23FN2O4S. The van der Waals surface area contributed by atoms with Gasteiger partial charge in [-0.05, 0) is 67.8 Å². The van der Waals surface area contributed by atoms with Crippen LogP contribution < -0.4 is 9.64 Å². The highest BCUT2D eigenvalue weighted by Crippen LogP contribution is 2.26. The number of hydrogen-bond donors (Lipinski definition) is 0. The second-order valence-electron chi connectivity index (χ2n) is 6.76. The maximum atomic E-state index is 13.0. The molecule has 3 rings (SSSR count). The number of carbonyl (C=O) groups excluding carboxylic acids is 1. The van der Waals surface area contributed by atoms with Gasteiger partial charge in [0.05, 0.1) is 4.90 Å². The van der Waals surface area contributed by atoms with Crippen LogP contribution in [0.1, 0.15) is 18.4 Å². The van der Waals surface area contributed by atoms with Gasteiger partial charge in [-0.1, -0.05) is 0 Å². The smallest absolute Gasteiger partial charge is 0.264 e. The van der Waals surface area contributed by atoms with Gasteiger partial charge in [0.1, 0.15) is 11.6 Å². The van der Waals surface area contributed by atoms with Crippen LogP contribution in [0.3, 0.4) is 0 Å². The second-order valence-corrected chi connectivity index (χ2v) is 8.69. The maximum Gasteiger partial charge on any atom is 0.264 e. The van der Waals surface area contributed by atoms with Crippen molar-refractivity contribution < 1.29 is 22.3 Å². The molecule has 1 amide bonds. The van der Waals surface area contributed by atoms with Crippen molar-refractivity contribution in [3.05, 3.63) is 53.8 Å². The molecule has 1 fully saturated rings. The summed E-state index contributed by atoms with van der Waals surface area (Å²) in [7, 11) is -1.91. The summed E-state index contributed by atoms with van der Waals surface area (Å²) in [5.74, 6) is -0.235. The average molecular weight is 406 g/mol. The van der Waals surface area contributed by atoms with E-state index in [1.807, 2.05) is 0 Å². The van der Waals surface area contributed by atoms with Crippen molar-refractivity contribution in [1.82, 2.24) is 4.31 Å². The van der Waals surface area contributed by atoms with Crippen molar-refractivity contribution in [2.75, 3.05) is 31.6 Å². The zero-order valence-electron chi connectivity index (χ0n) is 15.9. The molecule has 0 unspecified atom stereocenters. The predicted octanol–water partition coefficient (Wildman–Crippen LogP) is 2.96. The zero-order chi connectivity index (χ0) is 20.3. The number of halogens is 1. The Bertz CT molecular complexity index is 955. The molecule has 28 heavy (non-hydrogen) atoms. The van der Waals surface area contributed by atoms with Gasteiger partial charge in [-0.25, -0.2) is 12.8 Å². The summed E-state index contributed by atoms with van der Waals surface area (Å²) in [5, 5.41) is 0. The number of ether oxygens (including phenoxy) is 1. The van der Waals surface area contributed by atoms with Gasteiger partial charge in [-0.3, -0.25) is 4.79 Å². The Morgan fingerprint density at radius 2 is 1.79 bits per heavy atom. The van der Waals surface area contributed by atoms with Crippen molar-refractivity contribution >= 4 is 21.6 Å². The number of likely N-dealkylation sites (N-methyl/N-ethyl adjacent to an activating group) is 1. The Labute approximate surface area is 164 Å². The first-order chi connectivity index (χ1) is 13.3. The van der Waals surface area contributed by atoms with Gasteiger partial charge in [0.25, 0.3) is 5.91 Å². The lowest BCUT2D eigenvalue weighted by Gasteiger charge is -2.19. The molecule has 1 heterocycles. The molecule has 6 nitrogen and oxygen atoms in total. The summed E-state index contributed by atoms with van der Waals surface area (Å²) >= 11 is 0. The van der Waals surface area contributed by atoms with Crippen LogP contribution in [-0.4, -0.2) is 45.4 Å². The van der Waals surface area contributed by atoms with Gasteiger partial charge >= 0.3 is 0 Å². The minimum Gasteiger partial charge on any atom is -0.483 e. The zero-order valence-corrected chi connectivity index (χ0v) is 16.7. The summed E-state index contributed by atoms with van der Waals surface area (Å²) in [6.07, 6.45) is 1.76. The Morgan fingerprint density at radius 1 is 1.14 bits per heavy atom. The lowest BCUT2D eigenvalue weighted by molar-refractivity contribution is -0.120. The number of carbonyl (C=O) groups is 1. The second kappa shape index (κ2) is 8.28. The van der Waals surface area contributed by atoms with Crippen LogP contribution in [0, 0.1) is 12.7 Å². The van der Waals surface area contributed by atoms with Gasteiger partial charge in [0.2, 0.25) is 10.0 Å². The molecule has 0 spiro atoms. The molecule has 0 aromatic heterocycles. The number of sulfonamides is 1. The molecule has 8 heteroatoms. The monoisotopic (exact) mass is 406 g/mol. The lowest BCUT2D eigenvalue weighted by atomic mass is 10.2. The van der Waals surface area contributed by atoms with Gasteiger partial charge < -0.3 is 9.64 Å². The third-order valence-electron chi connectivity index (χ3n) is 4.79. The van der Waals surface area contributed by atoms with Crippen LogP contribution >= 0.6 is 0 Å². The minimum absolute atomic E-state index is 0.215. The summed E-state index contributed by atoms with van der Waals surface area (Å²) in [6.45, 7) is 2.62. The SMILES string of the molecule is Cc1cc(S(=O)(=O)N2CCCC2)ccc1OCC(=O)N(C)c1ccc(F)cc1. The van der Waals surface area contributed by atoms with Crippen LogP contribution in [-0.2, 0) is 14.8 Å². The molecule has 1 aliphatic heterocycles. The van der Waals surface area contributed by atoms with Crippen molar-refractivity contribution in [3.63, 3.8) is 0 Å². The highest BCUT2D eigenvalue weighted by molar-refractivity contribution is 7.89. The van der Waals surface area contributed by atoms with Crippen LogP contribution in [0.25, 0.3) is 0 Å². The van der Waals surface area contributed by atoms with Gasteiger partial charge in [-0.2, -0.15) is 4.31 Å². The van der Waals surface area contributed by atoms with Gasteiger partial charge in [0.15, 0.2) is 6.61 Å². The number of aryl methyl sites for hydroxylation is 1. The number of anilines is 1. The molecule has 0 radical (unpaired) electrons. The standard InChI is InChI=1S/C20H23FN2O4S/c1-15-13-18(28(25,26)23-11-3-4-12-23)9-10-19(15)27-14-20(24)22(2)17-7-5-16(21)6-8-17/h5-10,13H,3-4,11-12,14H2,1-2H3. The number of nitrogens with zero attached hydrogens (tertiary/aromatic N) is 2. The third kappa shape index (κ3) is 4.34. The van der Waals surface area contributed by atoms with Crippen LogP contribution in [0.2, 0.25) is 0 Å². The largest absolute Gasteiger partial charge is 0.483 e. The molecule has 2 aromatic rings. The molecule has 0 atom stereocenters. The van der Waals surface area contributed by atoms with Crippen LogP contribution in [0.4, 0.5) is 10.1 Å². The summed E-state index contributed by atoms with van der Waals surface area (Å²) in [4.78, 5) is 13.9. The average Bonchev–Trinajstić information content (AvgIpc) is 3.22. The lowest BCUT2D eigenvalue weighted by Crippen LogP contribution is -2.31.